The number of ether oxygens (including phenoxy) is 2. The molecule has 27 heavy (non-hydrogen) atoms. The van der Waals surface area contributed by atoms with Crippen molar-refractivity contribution in [1.29, 1.82) is 0 Å². The topological polar surface area (TPSA) is 64.6 Å². The maximum Gasteiger partial charge on any atom is 0.234 e. The molecule has 1 heterocycles. The van der Waals surface area contributed by atoms with E-state index < -0.39 is 0 Å². The number of hydrogen-bond donors (Lipinski definition) is 1. The molecule has 1 aliphatic rings. The van der Waals surface area contributed by atoms with Crippen LogP contribution in [0.15, 0.2) is 36.4 Å². The van der Waals surface area contributed by atoms with Gasteiger partial charge >= 0.3 is 0 Å². The molecule has 0 aromatic heterocycles. The Labute approximate surface area is 167 Å². The lowest BCUT2D eigenvalue weighted by Gasteiger charge is -2.12. The third-order valence-corrected chi connectivity index (χ3v) is 5.23. The number of anilines is 1. The van der Waals surface area contributed by atoms with Gasteiger partial charge in [0.05, 0.1) is 29.7 Å². The second-order valence-electron chi connectivity index (χ2n) is 6.10. The fourth-order valence-corrected chi connectivity index (χ4v) is 3.76. The zero-order valence-corrected chi connectivity index (χ0v) is 16.5. The summed E-state index contributed by atoms with van der Waals surface area (Å²) in [5.41, 5.74) is 2.01. The van der Waals surface area contributed by atoms with Crippen molar-refractivity contribution >= 4 is 40.7 Å². The maximum atomic E-state index is 12.2. The van der Waals surface area contributed by atoms with Crippen LogP contribution in [0.4, 0.5) is 5.69 Å². The van der Waals surface area contributed by atoms with Gasteiger partial charge in [-0.05, 0) is 36.8 Å². The van der Waals surface area contributed by atoms with Crippen LogP contribution in [-0.4, -0.2) is 30.7 Å². The Bertz CT molecular complexity index is 856. The van der Waals surface area contributed by atoms with Crippen molar-refractivity contribution in [3.63, 3.8) is 0 Å². The van der Waals surface area contributed by atoms with Crippen LogP contribution in [0.1, 0.15) is 29.3 Å². The summed E-state index contributed by atoms with van der Waals surface area (Å²) in [7, 11) is 0. The molecular weight excluding hydrogens is 386 g/mol. The van der Waals surface area contributed by atoms with E-state index in [1.807, 2.05) is 12.1 Å². The highest BCUT2D eigenvalue weighted by atomic mass is 35.5. The first-order valence-electron chi connectivity index (χ1n) is 8.60. The predicted molar refractivity (Wildman–Crippen MR) is 108 cm³/mol. The van der Waals surface area contributed by atoms with Gasteiger partial charge in [0.15, 0.2) is 17.3 Å². The second kappa shape index (κ2) is 9.15. The molecular formula is C20H20ClNO4S. The van der Waals surface area contributed by atoms with Gasteiger partial charge in [-0.3, -0.25) is 9.59 Å². The Morgan fingerprint density at radius 3 is 2.78 bits per heavy atom. The van der Waals surface area contributed by atoms with E-state index in [9.17, 15) is 9.59 Å². The smallest absolute Gasteiger partial charge is 0.234 e. The number of hydrogen-bond acceptors (Lipinski definition) is 5. The lowest BCUT2D eigenvalue weighted by Crippen LogP contribution is -2.16. The van der Waals surface area contributed by atoms with Crippen LogP contribution in [0.3, 0.4) is 0 Å². The van der Waals surface area contributed by atoms with Gasteiger partial charge in [-0.15, -0.1) is 11.8 Å². The minimum absolute atomic E-state index is 0.0830. The molecule has 1 N–H and O–H groups in total. The third kappa shape index (κ3) is 5.17. The Morgan fingerprint density at radius 1 is 1.19 bits per heavy atom. The molecule has 0 atom stereocenters. The van der Waals surface area contributed by atoms with Crippen molar-refractivity contribution in [3.05, 3.63) is 52.5 Å². The van der Waals surface area contributed by atoms with Gasteiger partial charge in [0.1, 0.15) is 0 Å². The molecule has 0 aliphatic carbocycles. The van der Waals surface area contributed by atoms with Crippen molar-refractivity contribution in [2.24, 2.45) is 0 Å². The quantitative estimate of drug-likeness (QED) is 0.713. The molecule has 142 valence electrons. The Morgan fingerprint density at radius 2 is 1.96 bits per heavy atom. The Balaban J connectivity index is 1.57. The summed E-state index contributed by atoms with van der Waals surface area (Å²) in [6.07, 6.45) is 0.816. The monoisotopic (exact) mass is 405 g/mol. The molecule has 2 aromatic carbocycles. The largest absolute Gasteiger partial charge is 0.489 e. The van der Waals surface area contributed by atoms with Gasteiger partial charge in [-0.25, -0.2) is 0 Å². The molecule has 5 nitrogen and oxygen atoms in total. The van der Waals surface area contributed by atoms with Crippen molar-refractivity contribution in [1.82, 2.24) is 0 Å². The molecule has 0 bridgehead atoms. The molecule has 0 saturated heterocycles. The van der Waals surface area contributed by atoms with Gasteiger partial charge in [0, 0.05) is 17.7 Å². The lowest BCUT2D eigenvalue weighted by molar-refractivity contribution is -0.113. The number of halogens is 1. The molecule has 0 unspecified atom stereocenters. The molecule has 7 heteroatoms. The normalized spacial score (nSPS) is 13.0. The van der Waals surface area contributed by atoms with Crippen LogP contribution in [-0.2, 0) is 10.5 Å². The van der Waals surface area contributed by atoms with Crippen LogP contribution in [0.5, 0.6) is 11.5 Å². The van der Waals surface area contributed by atoms with Crippen molar-refractivity contribution in [2.75, 3.05) is 24.3 Å². The number of fused-ring (bicyclic) bond motifs is 1. The minimum atomic E-state index is -0.158. The summed E-state index contributed by atoms with van der Waals surface area (Å²) in [5, 5.41) is 3.31. The summed E-state index contributed by atoms with van der Waals surface area (Å²) in [6, 6.07) is 10.7. The molecule has 0 fully saturated rings. The zero-order chi connectivity index (χ0) is 19.2. The fourth-order valence-electron chi connectivity index (χ4n) is 2.71. The highest BCUT2D eigenvalue weighted by molar-refractivity contribution is 7.99. The summed E-state index contributed by atoms with van der Waals surface area (Å²) in [6.45, 7) is 2.66. The van der Waals surface area contributed by atoms with Gasteiger partial charge < -0.3 is 14.8 Å². The predicted octanol–water partition coefficient (Wildman–Crippen LogP) is 4.58. The molecule has 3 rings (SSSR count). The number of carbonyl (C=O) groups excluding carboxylic acids is 2. The summed E-state index contributed by atoms with van der Waals surface area (Å²) in [4.78, 5) is 23.8. The van der Waals surface area contributed by atoms with E-state index in [1.54, 1.807) is 24.3 Å². The van der Waals surface area contributed by atoms with E-state index in [-0.39, 0.29) is 17.4 Å². The average Bonchev–Trinajstić information content (AvgIpc) is 2.88. The Hall–Kier alpha value is -2.18. The molecule has 0 radical (unpaired) electrons. The molecule has 2 aromatic rings. The number of ketones is 1. The van der Waals surface area contributed by atoms with Crippen LogP contribution in [0, 0.1) is 0 Å². The number of thioether (sulfide) groups is 1. The van der Waals surface area contributed by atoms with Gasteiger partial charge in [0.2, 0.25) is 5.91 Å². The SMILES string of the molecule is CC(=O)c1ccccc1NC(=O)CSCc1cc(Cl)c2c(c1)OCCCO2. The standard InChI is InChI=1S/C20H20ClNO4S/c1-13(23)15-5-2-3-6-17(15)22-19(24)12-27-11-14-9-16(21)20-18(10-14)25-7-4-8-26-20/h2-3,5-6,9-10H,4,7-8,11-12H2,1H3,(H,22,24). The minimum Gasteiger partial charge on any atom is -0.489 e. The summed E-state index contributed by atoms with van der Waals surface area (Å²) >= 11 is 7.75. The van der Waals surface area contributed by atoms with E-state index in [4.69, 9.17) is 21.1 Å². The third-order valence-electron chi connectivity index (χ3n) is 3.94. The van der Waals surface area contributed by atoms with E-state index in [0.717, 1.165) is 12.0 Å². The number of rotatable bonds is 6. The zero-order valence-electron chi connectivity index (χ0n) is 14.9. The van der Waals surface area contributed by atoms with E-state index in [2.05, 4.69) is 5.32 Å². The number of nitrogens with one attached hydrogen (secondary N) is 1. The maximum absolute atomic E-state index is 12.2. The van der Waals surface area contributed by atoms with Crippen LogP contribution < -0.4 is 14.8 Å². The van der Waals surface area contributed by atoms with Crippen LogP contribution in [0.2, 0.25) is 5.02 Å². The molecule has 1 aliphatic heterocycles. The highest BCUT2D eigenvalue weighted by Crippen LogP contribution is 2.38. The number of para-hydroxylation sites is 1. The second-order valence-corrected chi connectivity index (χ2v) is 7.49. The first-order valence-corrected chi connectivity index (χ1v) is 10.1. The fraction of sp³-hybridized carbons (Fsp3) is 0.300. The molecule has 0 spiro atoms. The number of amides is 1. The first-order chi connectivity index (χ1) is 13.0. The van der Waals surface area contributed by atoms with Crippen molar-refractivity contribution in [2.45, 2.75) is 19.1 Å². The molecule has 0 saturated carbocycles. The highest BCUT2D eigenvalue weighted by Gasteiger charge is 2.16. The Kier molecular flexibility index (Phi) is 6.63. The van der Waals surface area contributed by atoms with E-state index in [1.165, 1.54) is 18.7 Å². The van der Waals surface area contributed by atoms with Gasteiger partial charge in [-0.2, -0.15) is 0 Å². The summed E-state index contributed by atoms with van der Waals surface area (Å²) < 4.78 is 11.3. The van der Waals surface area contributed by atoms with E-state index >= 15 is 0 Å². The average molecular weight is 406 g/mol. The molecule has 1 amide bonds. The number of benzene rings is 2. The number of carbonyl (C=O) groups is 2. The summed E-state index contributed by atoms with van der Waals surface area (Å²) in [5.74, 6) is 1.86. The van der Waals surface area contributed by atoms with Gasteiger partial charge in [-0.1, -0.05) is 23.7 Å². The number of Topliss-reactive ketones (excluding diaryl/α,β-unsaturated/α-hetero) is 1. The van der Waals surface area contributed by atoms with Crippen molar-refractivity contribution in [3.8, 4) is 11.5 Å². The van der Waals surface area contributed by atoms with Crippen LogP contribution >= 0.6 is 23.4 Å². The first kappa shape index (κ1) is 19.6. The lowest BCUT2D eigenvalue weighted by atomic mass is 10.1. The van der Waals surface area contributed by atoms with Crippen molar-refractivity contribution < 1.29 is 19.1 Å². The van der Waals surface area contributed by atoms with Gasteiger partial charge in [0.25, 0.3) is 0 Å². The van der Waals surface area contributed by atoms with Crippen LogP contribution in [0.25, 0.3) is 0 Å². The van der Waals surface area contributed by atoms with E-state index in [0.29, 0.717) is 46.7 Å².